The molecule has 1 amide bonds. The van der Waals surface area contributed by atoms with E-state index in [1.807, 2.05) is 0 Å². The highest BCUT2D eigenvalue weighted by atomic mass is 35.5. The predicted molar refractivity (Wildman–Crippen MR) is 117 cm³/mol. The predicted octanol–water partition coefficient (Wildman–Crippen LogP) is 3.93. The third-order valence-corrected chi connectivity index (χ3v) is 6.18. The SMILES string of the molecule is CNS(=O)c1c(F)ccc(Cc2c(C)c3cc(Cl)c(OC(=O)N(C)C)cc3oc2=O)c1F. The van der Waals surface area contributed by atoms with Crippen LogP contribution in [0.5, 0.6) is 5.75 Å². The van der Waals surface area contributed by atoms with E-state index in [9.17, 15) is 22.6 Å². The lowest BCUT2D eigenvalue weighted by molar-refractivity contribution is 0.172. The van der Waals surface area contributed by atoms with E-state index < -0.39 is 39.2 Å². The fraction of sp³-hybridized carbons (Fsp3) is 0.238. The second-order valence-corrected chi connectivity index (χ2v) is 8.79. The molecule has 170 valence electrons. The van der Waals surface area contributed by atoms with Gasteiger partial charge in [-0.3, -0.25) is 0 Å². The highest BCUT2D eigenvalue weighted by Gasteiger charge is 2.22. The molecule has 1 N–H and O–H groups in total. The lowest BCUT2D eigenvalue weighted by Crippen LogP contribution is -2.25. The maximum absolute atomic E-state index is 14.9. The Morgan fingerprint density at radius 2 is 1.97 bits per heavy atom. The zero-order chi connectivity index (χ0) is 23.7. The summed E-state index contributed by atoms with van der Waals surface area (Å²) >= 11 is 6.23. The molecule has 0 fully saturated rings. The van der Waals surface area contributed by atoms with Crippen molar-refractivity contribution in [2.24, 2.45) is 0 Å². The molecule has 1 aromatic heterocycles. The molecule has 0 spiro atoms. The standard InChI is InChI=1S/C21H19ClF2N2O5S/c1-10-12-8-14(22)17(31-21(28)26(3)4)9-16(12)30-20(27)13(10)7-11-5-6-15(23)19(18(11)24)32(29)25-2/h5-6,8-9,25H,7H2,1-4H3. The molecule has 0 bridgehead atoms. The van der Waals surface area contributed by atoms with Crippen LogP contribution in [-0.4, -0.2) is 36.3 Å². The molecule has 1 atom stereocenters. The average molecular weight is 485 g/mol. The third-order valence-electron chi connectivity index (χ3n) is 4.77. The molecular formula is C21H19ClF2N2O5S. The third kappa shape index (κ3) is 4.52. The van der Waals surface area contributed by atoms with Gasteiger partial charge in [0.1, 0.15) is 33.1 Å². The molecule has 0 aliphatic rings. The number of hydrogen-bond donors (Lipinski definition) is 1. The van der Waals surface area contributed by atoms with Gasteiger partial charge in [-0.15, -0.1) is 0 Å². The first-order chi connectivity index (χ1) is 15.0. The molecule has 1 heterocycles. The normalized spacial score (nSPS) is 12.1. The Balaban J connectivity index is 2.09. The van der Waals surface area contributed by atoms with E-state index in [4.69, 9.17) is 20.8 Å². The van der Waals surface area contributed by atoms with Crippen molar-refractivity contribution in [3.8, 4) is 5.75 Å². The minimum Gasteiger partial charge on any atom is -0.422 e. The van der Waals surface area contributed by atoms with Gasteiger partial charge in [-0.25, -0.2) is 27.3 Å². The van der Waals surface area contributed by atoms with Crippen LogP contribution in [0.3, 0.4) is 0 Å². The minimum atomic E-state index is -2.09. The molecule has 0 aliphatic carbocycles. The number of nitrogens with one attached hydrogen (secondary N) is 1. The second-order valence-electron chi connectivity index (χ2n) is 7.03. The monoisotopic (exact) mass is 484 g/mol. The number of carbonyl (C=O) groups excluding carboxylic acids is 1. The summed E-state index contributed by atoms with van der Waals surface area (Å²) in [5.74, 6) is -1.97. The highest BCUT2D eigenvalue weighted by molar-refractivity contribution is 7.83. The topological polar surface area (TPSA) is 88.8 Å². The van der Waals surface area contributed by atoms with E-state index in [1.54, 1.807) is 6.92 Å². The molecule has 2 aromatic carbocycles. The lowest BCUT2D eigenvalue weighted by Gasteiger charge is -2.14. The van der Waals surface area contributed by atoms with Gasteiger partial charge < -0.3 is 14.1 Å². The van der Waals surface area contributed by atoms with Crippen LogP contribution in [0, 0.1) is 18.6 Å². The van der Waals surface area contributed by atoms with E-state index in [0.717, 1.165) is 6.07 Å². The summed E-state index contributed by atoms with van der Waals surface area (Å²) in [6.45, 7) is 1.63. The van der Waals surface area contributed by atoms with Crippen LogP contribution in [0.4, 0.5) is 13.6 Å². The van der Waals surface area contributed by atoms with Crippen molar-refractivity contribution in [3.05, 3.63) is 68.0 Å². The second kappa shape index (κ2) is 9.35. The molecule has 32 heavy (non-hydrogen) atoms. The van der Waals surface area contributed by atoms with Crippen molar-refractivity contribution in [1.29, 1.82) is 0 Å². The maximum Gasteiger partial charge on any atom is 0.414 e. The summed E-state index contributed by atoms with van der Waals surface area (Å²) in [5.41, 5.74) is -0.0645. The molecule has 0 aliphatic heterocycles. The van der Waals surface area contributed by atoms with Crippen LogP contribution in [0.25, 0.3) is 11.0 Å². The number of ether oxygens (including phenoxy) is 1. The van der Waals surface area contributed by atoms with E-state index in [0.29, 0.717) is 10.9 Å². The molecule has 7 nitrogen and oxygen atoms in total. The first-order valence-electron chi connectivity index (χ1n) is 9.26. The summed E-state index contributed by atoms with van der Waals surface area (Å²) in [5, 5.41) is 0.561. The van der Waals surface area contributed by atoms with E-state index in [1.165, 1.54) is 44.2 Å². The summed E-state index contributed by atoms with van der Waals surface area (Å²) in [6, 6.07) is 4.97. The summed E-state index contributed by atoms with van der Waals surface area (Å²) in [7, 11) is 2.21. The molecule has 3 aromatic rings. The number of hydrogen-bond acceptors (Lipinski definition) is 5. The van der Waals surface area contributed by atoms with Gasteiger partial charge in [0, 0.05) is 37.5 Å². The van der Waals surface area contributed by atoms with Gasteiger partial charge in [0.15, 0.2) is 5.75 Å². The van der Waals surface area contributed by atoms with Crippen LogP contribution in [0.15, 0.2) is 38.4 Å². The Morgan fingerprint density at radius 3 is 2.59 bits per heavy atom. The van der Waals surface area contributed by atoms with Crippen molar-refractivity contribution in [3.63, 3.8) is 0 Å². The number of nitrogens with zero attached hydrogens (tertiary/aromatic N) is 1. The number of halogens is 3. The zero-order valence-corrected chi connectivity index (χ0v) is 19.1. The number of fused-ring (bicyclic) bond motifs is 1. The average Bonchev–Trinajstić information content (AvgIpc) is 2.73. The number of carbonyl (C=O) groups is 1. The van der Waals surface area contributed by atoms with Crippen molar-refractivity contribution in [1.82, 2.24) is 9.62 Å². The number of rotatable bonds is 5. The summed E-state index contributed by atoms with van der Waals surface area (Å²) < 4.78 is 53.6. The smallest absolute Gasteiger partial charge is 0.414 e. The minimum absolute atomic E-state index is 0.0110. The Hall–Kier alpha value is -2.82. The van der Waals surface area contributed by atoms with E-state index in [2.05, 4.69) is 4.72 Å². The van der Waals surface area contributed by atoms with Crippen LogP contribution < -0.4 is 15.1 Å². The zero-order valence-electron chi connectivity index (χ0n) is 17.5. The largest absolute Gasteiger partial charge is 0.422 e. The molecule has 0 saturated carbocycles. The lowest BCUT2D eigenvalue weighted by atomic mass is 9.99. The van der Waals surface area contributed by atoms with Gasteiger partial charge in [-0.2, -0.15) is 0 Å². The fourth-order valence-electron chi connectivity index (χ4n) is 3.03. The van der Waals surface area contributed by atoms with Gasteiger partial charge in [-0.1, -0.05) is 17.7 Å². The quantitative estimate of drug-likeness (QED) is 0.554. The van der Waals surface area contributed by atoms with Crippen LogP contribution in [0.2, 0.25) is 5.02 Å². The summed E-state index contributed by atoms with van der Waals surface area (Å²) in [6.07, 6.45) is -0.887. The number of aryl methyl sites for hydroxylation is 1. The van der Waals surface area contributed by atoms with E-state index in [-0.39, 0.29) is 33.9 Å². The van der Waals surface area contributed by atoms with Gasteiger partial charge in [0.25, 0.3) is 0 Å². The van der Waals surface area contributed by atoms with Crippen molar-refractivity contribution < 1.29 is 26.9 Å². The first-order valence-corrected chi connectivity index (χ1v) is 10.8. The van der Waals surface area contributed by atoms with Gasteiger partial charge in [-0.05, 0) is 37.2 Å². The van der Waals surface area contributed by atoms with Gasteiger partial charge >= 0.3 is 11.7 Å². The number of benzene rings is 2. The molecular weight excluding hydrogens is 466 g/mol. The van der Waals surface area contributed by atoms with Gasteiger partial charge in [0.2, 0.25) is 0 Å². The summed E-state index contributed by atoms with van der Waals surface area (Å²) in [4.78, 5) is 25.0. The van der Waals surface area contributed by atoms with E-state index >= 15 is 0 Å². The van der Waals surface area contributed by atoms with Crippen molar-refractivity contribution >= 4 is 39.6 Å². The Bertz CT molecular complexity index is 1310. The molecule has 1 unspecified atom stereocenters. The van der Waals surface area contributed by atoms with Crippen LogP contribution in [-0.2, 0) is 17.4 Å². The van der Waals surface area contributed by atoms with Gasteiger partial charge in [0.05, 0.1) is 5.02 Å². The molecule has 11 heteroatoms. The fourth-order valence-corrected chi connectivity index (χ4v) is 3.98. The highest BCUT2D eigenvalue weighted by Crippen LogP contribution is 2.33. The van der Waals surface area contributed by atoms with Crippen molar-refractivity contribution in [2.75, 3.05) is 21.1 Å². The Morgan fingerprint density at radius 1 is 1.28 bits per heavy atom. The molecule has 0 radical (unpaired) electrons. The van der Waals surface area contributed by atoms with Crippen molar-refractivity contribution in [2.45, 2.75) is 18.2 Å². The van der Waals surface area contributed by atoms with Crippen LogP contribution >= 0.6 is 11.6 Å². The van der Waals surface area contributed by atoms with Crippen LogP contribution in [0.1, 0.15) is 16.7 Å². The number of amides is 1. The Labute approximate surface area is 189 Å². The Kier molecular flexibility index (Phi) is 6.97. The maximum atomic E-state index is 14.9. The first kappa shape index (κ1) is 23.8. The molecule has 3 rings (SSSR count). The molecule has 0 saturated heterocycles.